The quantitative estimate of drug-likeness (QED) is 0.790. The summed E-state index contributed by atoms with van der Waals surface area (Å²) in [5.74, 6) is 3.17. The van der Waals surface area contributed by atoms with Crippen molar-refractivity contribution in [1.82, 2.24) is 0 Å². The number of methoxy groups -OCH3 is 2. The van der Waals surface area contributed by atoms with Crippen molar-refractivity contribution in [3.05, 3.63) is 48.5 Å². The maximum absolute atomic E-state index is 5.67. The Morgan fingerprint density at radius 1 is 0.556 bits per heavy atom. The van der Waals surface area contributed by atoms with E-state index in [4.69, 9.17) is 14.2 Å². The molecule has 1 unspecified atom stereocenters. The molecule has 2 aromatic rings. The van der Waals surface area contributed by atoms with E-state index in [1.807, 2.05) is 48.5 Å². The first-order valence-electron chi connectivity index (χ1n) is 5.28. The second kappa shape index (κ2) is 6.87. The minimum atomic E-state index is 0. The van der Waals surface area contributed by atoms with Crippen LogP contribution in [0, 0.1) is 0 Å². The highest BCUT2D eigenvalue weighted by Crippen LogP contribution is 2.25. The van der Waals surface area contributed by atoms with Gasteiger partial charge in [0.1, 0.15) is 23.0 Å². The molecule has 0 heterocycles. The van der Waals surface area contributed by atoms with Crippen LogP contribution in [0.15, 0.2) is 48.5 Å². The molecule has 3 nitrogen and oxygen atoms in total. The van der Waals surface area contributed by atoms with Gasteiger partial charge in [0.2, 0.25) is 0 Å². The van der Waals surface area contributed by atoms with E-state index < -0.39 is 0 Å². The van der Waals surface area contributed by atoms with E-state index in [-0.39, 0.29) is 9.90 Å². The van der Waals surface area contributed by atoms with Crippen LogP contribution in [0.2, 0.25) is 0 Å². The van der Waals surface area contributed by atoms with Crippen LogP contribution in [0.3, 0.4) is 0 Å². The maximum Gasteiger partial charge on any atom is 0.127 e. The van der Waals surface area contributed by atoms with Crippen LogP contribution < -0.4 is 14.2 Å². The summed E-state index contributed by atoms with van der Waals surface area (Å²) in [5, 5.41) is 0. The molecule has 0 saturated heterocycles. The zero-order chi connectivity index (χ0) is 12.1. The molecule has 0 aliphatic carbocycles. The van der Waals surface area contributed by atoms with Crippen molar-refractivity contribution >= 4 is 9.90 Å². The average molecular weight is 264 g/mol. The largest absolute Gasteiger partial charge is 0.497 e. The van der Waals surface area contributed by atoms with Gasteiger partial charge < -0.3 is 14.2 Å². The Kier molecular flexibility index (Phi) is 5.47. The zero-order valence-corrected chi connectivity index (χ0v) is 12.0. The Labute approximate surface area is 110 Å². The molecule has 0 N–H and O–H groups in total. The Morgan fingerprint density at radius 2 is 0.833 bits per heavy atom. The lowest BCUT2D eigenvalue weighted by molar-refractivity contribution is 0.411. The molecule has 0 saturated carbocycles. The molecule has 0 spiro atoms. The first-order valence-corrected chi connectivity index (χ1v) is 5.28. The van der Waals surface area contributed by atoms with Crippen molar-refractivity contribution in [1.29, 1.82) is 0 Å². The summed E-state index contributed by atoms with van der Waals surface area (Å²) in [5.41, 5.74) is 0. The summed E-state index contributed by atoms with van der Waals surface area (Å²) in [4.78, 5) is 0. The van der Waals surface area contributed by atoms with Crippen molar-refractivity contribution in [2.24, 2.45) is 0 Å². The van der Waals surface area contributed by atoms with Crippen LogP contribution in [0.1, 0.15) is 0 Å². The molecule has 4 heteroatoms. The molecule has 0 aromatic heterocycles. The highest BCUT2D eigenvalue weighted by molar-refractivity contribution is 6.92. The van der Waals surface area contributed by atoms with Crippen molar-refractivity contribution in [3.8, 4) is 23.0 Å². The molecule has 0 aliphatic rings. The molecule has 18 heavy (non-hydrogen) atoms. The lowest BCUT2D eigenvalue weighted by Gasteiger charge is -2.07. The second-order valence-corrected chi connectivity index (χ2v) is 3.45. The predicted octanol–water partition coefficient (Wildman–Crippen LogP) is 3.55. The summed E-state index contributed by atoms with van der Waals surface area (Å²) in [6.45, 7) is 0. The zero-order valence-electron chi connectivity index (χ0n) is 10.6. The minimum absolute atomic E-state index is 0. The fourth-order valence-electron chi connectivity index (χ4n) is 1.42. The molecule has 2 aromatic carbocycles. The molecular weight excluding hydrogens is 247 g/mol. The number of rotatable bonds is 4. The number of ether oxygens (including phenoxy) is 3. The normalized spacial score (nSPS) is 9.22. The maximum atomic E-state index is 5.67. The highest BCUT2D eigenvalue weighted by Gasteiger charge is 1.98. The van der Waals surface area contributed by atoms with Gasteiger partial charge in [-0.2, -0.15) is 9.90 Å². The van der Waals surface area contributed by atoms with Crippen LogP contribution in [0.25, 0.3) is 0 Å². The monoisotopic (exact) mass is 264 g/mol. The molecule has 0 bridgehead atoms. The lowest BCUT2D eigenvalue weighted by atomic mass is 10.3. The van der Waals surface area contributed by atoms with Gasteiger partial charge in [-0.3, -0.25) is 0 Å². The molecule has 96 valence electrons. The Morgan fingerprint density at radius 3 is 1.11 bits per heavy atom. The summed E-state index contributed by atoms with van der Waals surface area (Å²) in [6.07, 6.45) is 0. The van der Waals surface area contributed by atoms with Crippen LogP contribution in [-0.4, -0.2) is 14.2 Å². The standard InChI is InChI=1S/C14H14O3.H3P/c1-15-11-3-7-13(8-4-11)17-14-9-5-12(16-2)6-10-14;/h3-10H,1-2H3;1H3. The van der Waals surface area contributed by atoms with Crippen LogP contribution in [0.4, 0.5) is 0 Å². The first-order chi connectivity index (χ1) is 8.31. The highest BCUT2D eigenvalue weighted by atomic mass is 31.0. The number of benzene rings is 2. The summed E-state index contributed by atoms with van der Waals surface area (Å²) in [7, 11) is 3.28. The van der Waals surface area contributed by atoms with Crippen LogP contribution >= 0.6 is 9.90 Å². The molecule has 0 aliphatic heterocycles. The van der Waals surface area contributed by atoms with Crippen LogP contribution in [-0.2, 0) is 0 Å². The minimum Gasteiger partial charge on any atom is -0.497 e. The lowest BCUT2D eigenvalue weighted by Crippen LogP contribution is -1.86. The van der Waals surface area contributed by atoms with Gasteiger partial charge in [0.15, 0.2) is 0 Å². The third-order valence-electron chi connectivity index (χ3n) is 2.35. The molecule has 0 radical (unpaired) electrons. The Hall–Kier alpha value is -1.73. The molecule has 0 fully saturated rings. The summed E-state index contributed by atoms with van der Waals surface area (Å²) >= 11 is 0. The van der Waals surface area contributed by atoms with E-state index in [0.29, 0.717) is 0 Å². The van der Waals surface area contributed by atoms with Crippen molar-refractivity contribution in [2.75, 3.05) is 14.2 Å². The fraction of sp³-hybridized carbons (Fsp3) is 0.143. The van der Waals surface area contributed by atoms with Gasteiger partial charge in [-0.25, -0.2) is 0 Å². The number of hydrogen-bond acceptors (Lipinski definition) is 3. The first kappa shape index (κ1) is 14.3. The van der Waals surface area contributed by atoms with Gasteiger partial charge in [0, 0.05) is 0 Å². The molecule has 1 atom stereocenters. The predicted molar refractivity (Wildman–Crippen MR) is 77.2 cm³/mol. The van der Waals surface area contributed by atoms with E-state index in [1.54, 1.807) is 14.2 Å². The van der Waals surface area contributed by atoms with Gasteiger partial charge in [-0.05, 0) is 48.5 Å². The van der Waals surface area contributed by atoms with Gasteiger partial charge in [-0.1, -0.05) is 0 Å². The summed E-state index contributed by atoms with van der Waals surface area (Å²) in [6, 6.07) is 14.9. The van der Waals surface area contributed by atoms with Gasteiger partial charge in [0.05, 0.1) is 14.2 Å². The van der Waals surface area contributed by atoms with E-state index in [1.165, 1.54) is 0 Å². The Bertz CT molecular complexity index is 420. The van der Waals surface area contributed by atoms with Gasteiger partial charge in [-0.15, -0.1) is 0 Å². The second-order valence-electron chi connectivity index (χ2n) is 3.45. The topological polar surface area (TPSA) is 27.7 Å². The fourth-order valence-corrected chi connectivity index (χ4v) is 1.42. The third-order valence-corrected chi connectivity index (χ3v) is 2.35. The van der Waals surface area contributed by atoms with E-state index in [0.717, 1.165) is 23.0 Å². The Balaban J connectivity index is 0.00000162. The summed E-state index contributed by atoms with van der Waals surface area (Å²) < 4.78 is 15.8. The van der Waals surface area contributed by atoms with Crippen molar-refractivity contribution < 1.29 is 14.2 Å². The third kappa shape index (κ3) is 3.64. The molecule has 0 amide bonds. The van der Waals surface area contributed by atoms with Crippen LogP contribution in [0.5, 0.6) is 23.0 Å². The van der Waals surface area contributed by atoms with E-state index in [9.17, 15) is 0 Å². The van der Waals surface area contributed by atoms with Crippen molar-refractivity contribution in [2.45, 2.75) is 0 Å². The number of hydrogen-bond donors (Lipinski definition) is 0. The van der Waals surface area contributed by atoms with E-state index >= 15 is 0 Å². The van der Waals surface area contributed by atoms with Gasteiger partial charge >= 0.3 is 0 Å². The van der Waals surface area contributed by atoms with Crippen molar-refractivity contribution in [3.63, 3.8) is 0 Å². The SMILES string of the molecule is COc1ccc(Oc2ccc(OC)cc2)cc1.P. The van der Waals surface area contributed by atoms with E-state index in [2.05, 4.69) is 0 Å². The smallest absolute Gasteiger partial charge is 0.127 e. The molecule has 2 rings (SSSR count). The molecular formula is C14H17O3P. The average Bonchev–Trinajstić information content (AvgIpc) is 2.40. The van der Waals surface area contributed by atoms with Gasteiger partial charge in [0.25, 0.3) is 0 Å².